The van der Waals surface area contributed by atoms with E-state index in [0.717, 1.165) is 0 Å². The van der Waals surface area contributed by atoms with Gasteiger partial charge >= 0.3 is 21.1 Å². The Morgan fingerprint density at radius 1 is 0.682 bits per heavy atom. The Kier molecular flexibility index (Phi) is 35.9. The van der Waals surface area contributed by atoms with Gasteiger partial charge in [0.15, 0.2) is 0 Å². The number of carbonyl (C=O) groups excluding carboxylic acids is 1. The van der Waals surface area contributed by atoms with Gasteiger partial charge in [-0.15, -0.1) is 6.42 Å². The van der Waals surface area contributed by atoms with E-state index in [2.05, 4.69) is 6.92 Å². The van der Waals surface area contributed by atoms with E-state index >= 15 is 0 Å². The average Bonchev–Trinajstić information content (AvgIpc) is 2.53. The molecule has 0 heterocycles. The van der Waals surface area contributed by atoms with Crippen LogP contribution in [0.4, 0.5) is 0 Å². The standard InChI is InChI=1S/C13H25O6.C2H5.W/c1-2-15-6-7-17-10-11-19-13-12-18-9-8-16-5-3-4-14;1-2;/h2-3,5-13H2,1H3;1H2,2H3;/q2*-1;+2. The minimum atomic E-state index is 0. The van der Waals surface area contributed by atoms with Gasteiger partial charge in [0.2, 0.25) is 0 Å². The third-order valence-corrected chi connectivity index (χ3v) is 2.04. The van der Waals surface area contributed by atoms with Crippen LogP contribution in [-0.2, 0) is 49.5 Å². The smallest absolute Gasteiger partial charge is 0.542 e. The van der Waals surface area contributed by atoms with Crippen molar-refractivity contribution in [1.82, 2.24) is 0 Å². The van der Waals surface area contributed by atoms with Gasteiger partial charge in [0.25, 0.3) is 0 Å². The molecule has 0 aromatic carbocycles. The number of rotatable bonds is 16. The average molecular weight is 490 g/mol. The van der Waals surface area contributed by atoms with Crippen molar-refractivity contribution in [3.8, 4) is 0 Å². The third kappa shape index (κ3) is 28.3. The second-order valence-corrected chi connectivity index (χ2v) is 3.54. The molecule has 0 N–H and O–H groups in total. The molecule has 0 rings (SSSR count). The summed E-state index contributed by atoms with van der Waals surface area (Å²) in [6, 6.07) is 0. The Morgan fingerprint density at radius 3 is 1.32 bits per heavy atom. The first kappa shape index (κ1) is 27.0. The molecular formula is C15H30O6W. The van der Waals surface area contributed by atoms with E-state index in [1.165, 1.54) is 0 Å². The maximum absolute atomic E-state index is 9.87. The van der Waals surface area contributed by atoms with E-state index in [0.29, 0.717) is 72.5 Å². The molecule has 0 aliphatic rings. The fourth-order valence-corrected chi connectivity index (χ4v) is 1.14. The molecule has 0 bridgehead atoms. The van der Waals surface area contributed by atoms with Crippen LogP contribution in [0.15, 0.2) is 0 Å². The van der Waals surface area contributed by atoms with Gasteiger partial charge in [0, 0.05) is 13.2 Å². The molecule has 132 valence electrons. The molecule has 0 spiro atoms. The normalized spacial score (nSPS) is 9.59. The number of hydrogen-bond donors (Lipinski definition) is 0. The maximum atomic E-state index is 9.87. The summed E-state index contributed by atoms with van der Waals surface area (Å²) in [6.07, 6.45) is 2.07. The minimum Gasteiger partial charge on any atom is -0.542 e. The Labute approximate surface area is 149 Å². The molecule has 0 saturated heterocycles. The summed E-state index contributed by atoms with van der Waals surface area (Å²) in [5, 5.41) is 0. The van der Waals surface area contributed by atoms with E-state index in [-0.39, 0.29) is 21.1 Å². The van der Waals surface area contributed by atoms with Crippen LogP contribution >= 0.6 is 0 Å². The van der Waals surface area contributed by atoms with E-state index in [1.807, 2.05) is 6.92 Å². The van der Waals surface area contributed by atoms with Crippen molar-refractivity contribution in [2.24, 2.45) is 0 Å². The van der Waals surface area contributed by atoms with Crippen molar-refractivity contribution in [3.63, 3.8) is 0 Å². The van der Waals surface area contributed by atoms with E-state index < -0.39 is 0 Å². The first-order chi connectivity index (χ1) is 10.4. The molecule has 0 radical (unpaired) electrons. The van der Waals surface area contributed by atoms with Crippen LogP contribution in [0, 0.1) is 6.92 Å². The molecule has 0 aromatic rings. The zero-order valence-corrected chi connectivity index (χ0v) is 16.8. The molecule has 0 aliphatic carbocycles. The van der Waals surface area contributed by atoms with Crippen molar-refractivity contribution in [1.29, 1.82) is 0 Å². The van der Waals surface area contributed by atoms with Gasteiger partial charge in [0.1, 0.15) is 0 Å². The number of ether oxygens (including phenoxy) is 5. The predicted octanol–water partition coefficient (Wildman–Crippen LogP) is 1.43. The van der Waals surface area contributed by atoms with Gasteiger partial charge in [-0.3, -0.25) is 6.29 Å². The summed E-state index contributed by atoms with van der Waals surface area (Å²) < 4.78 is 26.1. The van der Waals surface area contributed by atoms with Crippen LogP contribution in [0.5, 0.6) is 0 Å². The van der Waals surface area contributed by atoms with Gasteiger partial charge in [0.05, 0.1) is 52.9 Å². The fourth-order valence-electron chi connectivity index (χ4n) is 1.14. The second-order valence-electron chi connectivity index (χ2n) is 3.54. The summed E-state index contributed by atoms with van der Waals surface area (Å²) in [6.45, 7) is 12.5. The Hall–Kier alpha value is 0.158. The Balaban J connectivity index is -0.00000115. The summed E-state index contributed by atoms with van der Waals surface area (Å²) >= 11 is 0. The Bertz CT molecular complexity index is 183. The molecule has 0 unspecified atom stereocenters. The van der Waals surface area contributed by atoms with E-state index in [9.17, 15) is 4.79 Å². The molecule has 0 aliphatic heterocycles. The SMILES string of the molecule is CCOCCOCCOCCOCCOCC[C-]=O.[CH2-]C.[W+2]. The van der Waals surface area contributed by atoms with Crippen molar-refractivity contribution >= 4 is 6.29 Å². The van der Waals surface area contributed by atoms with E-state index in [4.69, 9.17) is 23.7 Å². The maximum Gasteiger partial charge on any atom is 2.00 e. The van der Waals surface area contributed by atoms with Crippen molar-refractivity contribution in [2.75, 3.05) is 66.1 Å². The molecule has 7 heteroatoms. The largest absolute Gasteiger partial charge is 2.00 e. The molecule has 0 saturated carbocycles. The first-order valence-corrected chi connectivity index (χ1v) is 7.36. The zero-order chi connectivity index (χ0) is 16.0. The van der Waals surface area contributed by atoms with Crippen LogP contribution < -0.4 is 0 Å². The quantitative estimate of drug-likeness (QED) is 0.241. The fraction of sp³-hybridized carbons (Fsp3) is 0.867. The zero-order valence-electron chi connectivity index (χ0n) is 13.8. The van der Waals surface area contributed by atoms with Crippen molar-refractivity contribution in [3.05, 3.63) is 6.92 Å². The van der Waals surface area contributed by atoms with Crippen LogP contribution in [-0.4, -0.2) is 72.4 Å². The van der Waals surface area contributed by atoms with Gasteiger partial charge in [-0.2, -0.15) is 6.92 Å². The number of hydrogen-bond acceptors (Lipinski definition) is 6. The molecule has 0 atom stereocenters. The van der Waals surface area contributed by atoms with Crippen LogP contribution in [0.25, 0.3) is 0 Å². The molecule has 6 nitrogen and oxygen atoms in total. The molecule has 22 heavy (non-hydrogen) atoms. The minimum absolute atomic E-state index is 0. The summed E-state index contributed by atoms with van der Waals surface area (Å²) in [5.74, 6) is 0. The Morgan fingerprint density at radius 2 is 1.00 bits per heavy atom. The van der Waals surface area contributed by atoms with Crippen molar-refractivity contribution < 1.29 is 49.5 Å². The predicted molar refractivity (Wildman–Crippen MR) is 81.1 cm³/mol. The van der Waals surface area contributed by atoms with Gasteiger partial charge in [-0.05, 0) is 6.92 Å². The van der Waals surface area contributed by atoms with E-state index in [1.54, 1.807) is 13.2 Å². The molecular weight excluding hydrogens is 460 g/mol. The summed E-state index contributed by atoms with van der Waals surface area (Å²) in [4.78, 5) is 9.87. The van der Waals surface area contributed by atoms with Gasteiger partial charge < -0.3 is 35.4 Å². The molecule has 0 aromatic heterocycles. The van der Waals surface area contributed by atoms with Gasteiger partial charge in [-0.1, -0.05) is 0 Å². The van der Waals surface area contributed by atoms with Crippen LogP contribution in [0.1, 0.15) is 20.3 Å². The molecule has 0 fully saturated rings. The second kappa shape index (κ2) is 29.2. The summed E-state index contributed by atoms with van der Waals surface area (Å²) in [5.41, 5.74) is 0. The van der Waals surface area contributed by atoms with Gasteiger partial charge in [-0.25, -0.2) is 0 Å². The summed E-state index contributed by atoms with van der Waals surface area (Å²) in [7, 11) is 0. The van der Waals surface area contributed by atoms with Crippen LogP contribution in [0.3, 0.4) is 0 Å². The third-order valence-electron chi connectivity index (χ3n) is 2.04. The molecule has 0 amide bonds. The van der Waals surface area contributed by atoms with Crippen LogP contribution in [0.2, 0.25) is 0 Å². The topological polar surface area (TPSA) is 63.2 Å². The monoisotopic (exact) mass is 490 g/mol. The first-order valence-electron chi connectivity index (χ1n) is 7.36. The van der Waals surface area contributed by atoms with Crippen molar-refractivity contribution in [2.45, 2.75) is 20.3 Å².